The molecule has 0 aromatic heterocycles. The molecule has 0 saturated heterocycles. The number of hydrogen-bond acceptors (Lipinski definition) is 2. The molecule has 0 fully saturated rings. The molecule has 0 heterocycles. The van der Waals surface area contributed by atoms with E-state index in [1.54, 1.807) is 7.11 Å². The minimum atomic E-state index is 0.244. The molecule has 1 N–H and O–H groups in total. The highest BCUT2D eigenvalue weighted by atomic mass is 79.9. The van der Waals surface area contributed by atoms with E-state index in [1.807, 2.05) is 0 Å². The number of benzene rings is 1. The molecule has 3 heteroatoms. The zero-order valence-corrected chi connectivity index (χ0v) is 13.3. The third-order valence-electron chi connectivity index (χ3n) is 3.16. The van der Waals surface area contributed by atoms with Crippen LogP contribution in [-0.2, 0) is 11.2 Å². The summed E-state index contributed by atoms with van der Waals surface area (Å²) in [6.07, 6.45) is 1.24. The van der Waals surface area contributed by atoms with E-state index in [-0.39, 0.29) is 6.10 Å². The van der Waals surface area contributed by atoms with Crippen LogP contribution >= 0.6 is 15.9 Å². The Balaban J connectivity index is 2.75. The third-order valence-corrected chi connectivity index (χ3v) is 3.69. The number of likely N-dealkylation sites (N-methyl/N-ethyl adjacent to an activating group) is 1. The summed E-state index contributed by atoms with van der Waals surface area (Å²) in [5, 5.41) is 3.54. The van der Waals surface area contributed by atoms with Crippen LogP contribution in [0.3, 0.4) is 0 Å². The highest BCUT2D eigenvalue weighted by molar-refractivity contribution is 9.10. The molecule has 102 valence electrons. The summed E-state index contributed by atoms with van der Waals surface area (Å²) in [7, 11) is 1.80. The van der Waals surface area contributed by atoms with Gasteiger partial charge < -0.3 is 10.1 Å². The van der Waals surface area contributed by atoms with E-state index in [9.17, 15) is 0 Å². The van der Waals surface area contributed by atoms with Crippen LogP contribution in [-0.4, -0.2) is 25.8 Å². The van der Waals surface area contributed by atoms with Gasteiger partial charge in [-0.2, -0.15) is 0 Å². The van der Waals surface area contributed by atoms with Crippen LogP contribution in [0.4, 0.5) is 0 Å². The smallest absolute Gasteiger partial charge is 0.0750 e. The van der Waals surface area contributed by atoms with Gasteiger partial charge >= 0.3 is 0 Å². The number of rotatable bonds is 7. The fourth-order valence-electron chi connectivity index (χ4n) is 2.34. The molecule has 0 aliphatic heterocycles. The fourth-order valence-corrected chi connectivity index (χ4v) is 2.61. The van der Waals surface area contributed by atoms with Gasteiger partial charge in [0.2, 0.25) is 0 Å². The molecule has 0 aliphatic carbocycles. The van der Waals surface area contributed by atoms with Crippen LogP contribution in [0.2, 0.25) is 0 Å². The molecule has 2 unspecified atom stereocenters. The molecule has 2 atom stereocenters. The van der Waals surface area contributed by atoms with Crippen molar-refractivity contribution in [2.75, 3.05) is 13.7 Å². The SMILES string of the molecule is CCNC(Cc1ccc(Br)cc1)C(OC)C(C)C. The second kappa shape index (κ2) is 7.93. The van der Waals surface area contributed by atoms with E-state index in [0.29, 0.717) is 12.0 Å². The third kappa shape index (κ3) is 4.71. The molecule has 0 amide bonds. The maximum atomic E-state index is 5.65. The van der Waals surface area contributed by atoms with Crippen molar-refractivity contribution < 1.29 is 4.74 Å². The molecule has 0 radical (unpaired) electrons. The lowest BCUT2D eigenvalue weighted by molar-refractivity contribution is 0.0337. The van der Waals surface area contributed by atoms with E-state index in [1.165, 1.54) is 5.56 Å². The minimum Gasteiger partial charge on any atom is -0.380 e. The first kappa shape index (κ1) is 15.7. The van der Waals surface area contributed by atoms with Crippen molar-refractivity contribution in [2.24, 2.45) is 5.92 Å². The summed E-state index contributed by atoms with van der Waals surface area (Å²) < 4.78 is 6.77. The summed E-state index contributed by atoms with van der Waals surface area (Å²) in [5.41, 5.74) is 1.34. The summed E-state index contributed by atoms with van der Waals surface area (Å²) in [4.78, 5) is 0. The van der Waals surface area contributed by atoms with Crippen LogP contribution in [0.15, 0.2) is 28.7 Å². The molecule has 0 bridgehead atoms. The number of methoxy groups -OCH3 is 1. The van der Waals surface area contributed by atoms with Gasteiger partial charge in [0.05, 0.1) is 6.10 Å². The van der Waals surface area contributed by atoms with E-state index >= 15 is 0 Å². The average molecular weight is 314 g/mol. The van der Waals surface area contributed by atoms with E-state index < -0.39 is 0 Å². The van der Waals surface area contributed by atoms with Crippen LogP contribution in [0.25, 0.3) is 0 Å². The Morgan fingerprint density at radius 2 is 1.83 bits per heavy atom. The Morgan fingerprint density at radius 1 is 1.22 bits per heavy atom. The van der Waals surface area contributed by atoms with Gasteiger partial charge in [0.1, 0.15) is 0 Å². The number of nitrogens with one attached hydrogen (secondary N) is 1. The van der Waals surface area contributed by atoms with Crippen LogP contribution in [0.1, 0.15) is 26.3 Å². The van der Waals surface area contributed by atoms with Gasteiger partial charge in [-0.1, -0.05) is 48.8 Å². The van der Waals surface area contributed by atoms with Crippen molar-refractivity contribution in [3.05, 3.63) is 34.3 Å². The van der Waals surface area contributed by atoms with Crippen molar-refractivity contribution >= 4 is 15.9 Å². The Morgan fingerprint density at radius 3 is 2.28 bits per heavy atom. The Hall–Kier alpha value is -0.380. The quantitative estimate of drug-likeness (QED) is 0.829. The zero-order chi connectivity index (χ0) is 13.5. The van der Waals surface area contributed by atoms with Gasteiger partial charge in [-0.3, -0.25) is 0 Å². The normalized spacial score (nSPS) is 14.8. The molecule has 1 aromatic rings. The molecular formula is C15H24BrNO. The number of hydrogen-bond donors (Lipinski definition) is 1. The summed E-state index contributed by atoms with van der Waals surface area (Å²) in [5.74, 6) is 0.509. The predicted octanol–water partition coefficient (Wildman–Crippen LogP) is 3.64. The fraction of sp³-hybridized carbons (Fsp3) is 0.600. The lowest BCUT2D eigenvalue weighted by Gasteiger charge is -2.29. The molecule has 0 aliphatic rings. The molecule has 0 saturated carbocycles. The highest BCUT2D eigenvalue weighted by Gasteiger charge is 2.23. The number of halogens is 1. The predicted molar refractivity (Wildman–Crippen MR) is 80.9 cm³/mol. The van der Waals surface area contributed by atoms with Gasteiger partial charge in [0, 0.05) is 17.6 Å². The molecule has 2 nitrogen and oxygen atoms in total. The molecular weight excluding hydrogens is 290 g/mol. The van der Waals surface area contributed by atoms with Crippen molar-refractivity contribution in [1.29, 1.82) is 0 Å². The van der Waals surface area contributed by atoms with Crippen LogP contribution < -0.4 is 5.32 Å². The first-order valence-corrected chi connectivity index (χ1v) is 7.38. The summed E-state index contributed by atoms with van der Waals surface area (Å²) in [6, 6.07) is 8.88. The monoisotopic (exact) mass is 313 g/mol. The lowest BCUT2D eigenvalue weighted by atomic mass is 9.94. The summed E-state index contributed by atoms with van der Waals surface area (Å²) in [6.45, 7) is 7.52. The highest BCUT2D eigenvalue weighted by Crippen LogP contribution is 2.17. The van der Waals surface area contributed by atoms with Gasteiger partial charge in [-0.25, -0.2) is 0 Å². The van der Waals surface area contributed by atoms with E-state index in [2.05, 4.69) is 66.3 Å². The van der Waals surface area contributed by atoms with Crippen molar-refractivity contribution in [3.8, 4) is 0 Å². The second-order valence-corrected chi connectivity index (χ2v) is 5.85. The molecule has 1 rings (SSSR count). The Kier molecular flexibility index (Phi) is 6.90. The maximum Gasteiger partial charge on any atom is 0.0750 e. The van der Waals surface area contributed by atoms with Crippen LogP contribution in [0.5, 0.6) is 0 Å². The average Bonchev–Trinajstić information content (AvgIpc) is 2.32. The molecule has 1 aromatic carbocycles. The Labute approximate surface area is 119 Å². The number of ether oxygens (including phenoxy) is 1. The first-order valence-electron chi connectivity index (χ1n) is 6.59. The topological polar surface area (TPSA) is 21.3 Å². The maximum absolute atomic E-state index is 5.65. The van der Waals surface area contributed by atoms with Crippen molar-refractivity contribution in [3.63, 3.8) is 0 Å². The molecule has 0 spiro atoms. The van der Waals surface area contributed by atoms with Gasteiger partial charge in [-0.05, 0) is 36.6 Å². The zero-order valence-electron chi connectivity index (χ0n) is 11.7. The largest absolute Gasteiger partial charge is 0.380 e. The van der Waals surface area contributed by atoms with Gasteiger partial charge in [-0.15, -0.1) is 0 Å². The molecule has 18 heavy (non-hydrogen) atoms. The summed E-state index contributed by atoms with van der Waals surface area (Å²) >= 11 is 3.47. The standard InChI is InChI=1S/C15H24BrNO/c1-5-17-14(15(18-4)11(2)3)10-12-6-8-13(16)9-7-12/h6-9,11,14-15,17H,5,10H2,1-4H3. The van der Waals surface area contributed by atoms with Crippen molar-refractivity contribution in [1.82, 2.24) is 5.32 Å². The Bertz CT molecular complexity index is 337. The van der Waals surface area contributed by atoms with E-state index in [4.69, 9.17) is 4.74 Å². The first-order chi connectivity index (χ1) is 8.58. The van der Waals surface area contributed by atoms with Crippen molar-refractivity contribution in [2.45, 2.75) is 39.3 Å². The lowest BCUT2D eigenvalue weighted by Crippen LogP contribution is -2.45. The minimum absolute atomic E-state index is 0.244. The van der Waals surface area contributed by atoms with Gasteiger partial charge in [0.15, 0.2) is 0 Å². The second-order valence-electron chi connectivity index (χ2n) is 4.94. The van der Waals surface area contributed by atoms with Gasteiger partial charge in [0.25, 0.3) is 0 Å². The van der Waals surface area contributed by atoms with E-state index in [0.717, 1.165) is 17.4 Å². The van der Waals surface area contributed by atoms with Crippen LogP contribution in [0, 0.1) is 5.92 Å².